The lowest BCUT2D eigenvalue weighted by Crippen LogP contribution is -2.09. The Morgan fingerprint density at radius 3 is 2.57 bits per heavy atom. The van der Waals surface area contributed by atoms with Gasteiger partial charge < -0.3 is 5.11 Å². The van der Waals surface area contributed by atoms with Crippen molar-refractivity contribution in [1.29, 1.82) is 0 Å². The van der Waals surface area contributed by atoms with E-state index < -0.39 is 6.10 Å². The van der Waals surface area contributed by atoms with Crippen molar-refractivity contribution < 1.29 is 5.11 Å². The predicted octanol–water partition coefficient (Wildman–Crippen LogP) is 3.14. The summed E-state index contributed by atoms with van der Waals surface area (Å²) in [7, 11) is 0. The van der Waals surface area contributed by atoms with Gasteiger partial charge in [-0.15, -0.1) is 5.92 Å². The van der Waals surface area contributed by atoms with Crippen molar-refractivity contribution >= 4 is 0 Å². The number of aliphatic hydroxyl groups is 1. The molecule has 0 saturated carbocycles. The highest BCUT2D eigenvalue weighted by Gasteiger charge is 2.06. The van der Waals surface area contributed by atoms with E-state index in [4.69, 9.17) is 0 Å². The van der Waals surface area contributed by atoms with Crippen molar-refractivity contribution in [2.75, 3.05) is 0 Å². The third kappa shape index (κ3) is 7.89. The highest BCUT2D eigenvalue weighted by atomic mass is 16.3. The van der Waals surface area contributed by atoms with Crippen LogP contribution in [0.15, 0.2) is 11.6 Å². The van der Waals surface area contributed by atoms with E-state index in [0.29, 0.717) is 5.92 Å². The Labute approximate surface area is 88.2 Å². The molecule has 0 aromatic rings. The summed E-state index contributed by atoms with van der Waals surface area (Å²) in [6.45, 7) is 8.15. The van der Waals surface area contributed by atoms with E-state index in [1.54, 1.807) is 6.92 Å². The van der Waals surface area contributed by atoms with Crippen LogP contribution in [0.5, 0.6) is 0 Å². The third-order valence-corrected chi connectivity index (χ3v) is 2.15. The fourth-order valence-electron chi connectivity index (χ4n) is 1.38. The van der Waals surface area contributed by atoms with Gasteiger partial charge in [0, 0.05) is 0 Å². The van der Waals surface area contributed by atoms with E-state index in [2.05, 4.69) is 38.7 Å². The zero-order chi connectivity index (χ0) is 11.0. The van der Waals surface area contributed by atoms with E-state index in [-0.39, 0.29) is 0 Å². The molecule has 0 heterocycles. The molecule has 0 aromatic heterocycles. The minimum absolute atomic E-state index is 0.443. The van der Waals surface area contributed by atoms with Crippen LogP contribution in [0.3, 0.4) is 0 Å². The topological polar surface area (TPSA) is 20.2 Å². The predicted molar refractivity (Wildman–Crippen MR) is 61.9 cm³/mol. The van der Waals surface area contributed by atoms with Crippen LogP contribution in [0.2, 0.25) is 0 Å². The van der Waals surface area contributed by atoms with Gasteiger partial charge in [0.1, 0.15) is 6.10 Å². The molecule has 0 bridgehead atoms. The molecular weight excluding hydrogens is 172 g/mol. The largest absolute Gasteiger partial charge is 0.380 e. The summed E-state index contributed by atoms with van der Waals surface area (Å²) in [5.74, 6) is 6.04. The normalized spacial score (nSPS) is 13.8. The average molecular weight is 194 g/mol. The fourth-order valence-corrected chi connectivity index (χ4v) is 1.38. The summed E-state index contributed by atoms with van der Waals surface area (Å²) < 4.78 is 0. The number of aliphatic hydroxyl groups excluding tert-OH is 1. The molecule has 1 N–H and O–H groups in total. The second-order valence-corrected chi connectivity index (χ2v) is 4.11. The molecule has 80 valence electrons. The van der Waals surface area contributed by atoms with Gasteiger partial charge in [-0.3, -0.25) is 0 Å². The Kier molecular flexibility index (Phi) is 7.24. The second kappa shape index (κ2) is 7.64. The van der Waals surface area contributed by atoms with Crippen molar-refractivity contribution in [3.05, 3.63) is 11.6 Å². The molecule has 0 radical (unpaired) electrons. The lowest BCUT2D eigenvalue weighted by atomic mass is 9.98. The number of rotatable bonds is 5. The highest BCUT2D eigenvalue weighted by Crippen LogP contribution is 2.13. The van der Waals surface area contributed by atoms with Gasteiger partial charge >= 0.3 is 0 Å². The van der Waals surface area contributed by atoms with Crippen LogP contribution in [-0.2, 0) is 0 Å². The molecular formula is C13H22O. The highest BCUT2D eigenvalue weighted by molar-refractivity contribution is 5.02. The molecule has 2 atom stereocenters. The van der Waals surface area contributed by atoms with Crippen LogP contribution in [-0.4, -0.2) is 11.2 Å². The number of allylic oxidation sites excluding steroid dienone is 2. The van der Waals surface area contributed by atoms with Gasteiger partial charge in [-0.1, -0.05) is 24.5 Å². The monoisotopic (exact) mass is 194 g/mol. The molecule has 0 fully saturated rings. The van der Waals surface area contributed by atoms with Crippen LogP contribution in [0.4, 0.5) is 0 Å². The Balaban J connectivity index is 3.68. The molecule has 0 spiro atoms. The average Bonchev–Trinajstić information content (AvgIpc) is 2.03. The minimum Gasteiger partial charge on any atom is -0.380 e. The maximum absolute atomic E-state index is 9.44. The Hall–Kier alpha value is -0.740. The zero-order valence-electron chi connectivity index (χ0n) is 9.80. The lowest BCUT2D eigenvalue weighted by molar-refractivity contribution is 0.197. The van der Waals surface area contributed by atoms with Crippen molar-refractivity contribution in [2.24, 2.45) is 5.92 Å². The smallest absolute Gasteiger partial charge is 0.115 e. The van der Waals surface area contributed by atoms with Crippen LogP contribution in [0, 0.1) is 17.8 Å². The number of hydrogen-bond donors (Lipinski definition) is 1. The first kappa shape index (κ1) is 13.3. The first-order chi connectivity index (χ1) is 6.56. The second-order valence-electron chi connectivity index (χ2n) is 4.11. The third-order valence-electron chi connectivity index (χ3n) is 2.15. The van der Waals surface area contributed by atoms with E-state index >= 15 is 0 Å². The van der Waals surface area contributed by atoms with Gasteiger partial charge in [-0.05, 0) is 46.0 Å². The molecule has 0 aromatic carbocycles. The molecule has 1 heteroatoms. The lowest BCUT2D eigenvalue weighted by Gasteiger charge is -2.11. The quantitative estimate of drug-likeness (QED) is 0.526. The van der Waals surface area contributed by atoms with E-state index in [0.717, 1.165) is 19.3 Å². The zero-order valence-corrected chi connectivity index (χ0v) is 9.80. The molecule has 0 unspecified atom stereocenters. The van der Waals surface area contributed by atoms with Gasteiger partial charge in [-0.2, -0.15) is 0 Å². The van der Waals surface area contributed by atoms with Gasteiger partial charge in [0.05, 0.1) is 0 Å². The van der Waals surface area contributed by atoms with Gasteiger partial charge in [0.2, 0.25) is 0 Å². The van der Waals surface area contributed by atoms with Crippen molar-refractivity contribution in [2.45, 2.75) is 53.1 Å². The minimum atomic E-state index is -0.443. The van der Waals surface area contributed by atoms with E-state index in [1.165, 1.54) is 5.57 Å². The summed E-state index contributed by atoms with van der Waals surface area (Å²) in [6.07, 6.45) is 4.83. The van der Waals surface area contributed by atoms with E-state index in [9.17, 15) is 5.11 Å². The van der Waals surface area contributed by atoms with Crippen LogP contribution < -0.4 is 0 Å². The molecule has 0 saturated heterocycles. The van der Waals surface area contributed by atoms with Crippen molar-refractivity contribution in [3.8, 4) is 11.8 Å². The Bertz CT molecular complexity index is 225. The molecule has 0 aliphatic carbocycles. The van der Waals surface area contributed by atoms with Crippen LogP contribution >= 0.6 is 0 Å². The van der Waals surface area contributed by atoms with Crippen molar-refractivity contribution in [3.63, 3.8) is 0 Å². The summed E-state index contributed by atoms with van der Waals surface area (Å²) in [5, 5.41) is 9.44. The Morgan fingerprint density at radius 1 is 1.43 bits per heavy atom. The van der Waals surface area contributed by atoms with Gasteiger partial charge in [0.15, 0.2) is 0 Å². The molecule has 14 heavy (non-hydrogen) atoms. The summed E-state index contributed by atoms with van der Waals surface area (Å²) in [6, 6.07) is 0. The van der Waals surface area contributed by atoms with E-state index in [1.807, 2.05) is 0 Å². The number of hydrogen-bond acceptors (Lipinski definition) is 1. The standard InChI is InChI=1S/C13H22O/c1-5-7-13(14)10-12(4)9-6-8-11(2)3/h8,12-14H,6,9-10H2,1-4H3/t12-,13+/m0/s1. The van der Waals surface area contributed by atoms with Crippen molar-refractivity contribution in [1.82, 2.24) is 0 Å². The van der Waals surface area contributed by atoms with Gasteiger partial charge in [-0.25, -0.2) is 0 Å². The Morgan fingerprint density at radius 2 is 2.07 bits per heavy atom. The summed E-state index contributed by atoms with van der Waals surface area (Å²) in [4.78, 5) is 0. The summed E-state index contributed by atoms with van der Waals surface area (Å²) >= 11 is 0. The molecule has 1 nitrogen and oxygen atoms in total. The summed E-state index contributed by atoms with van der Waals surface area (Å²) in [5.41, 5.74) is 1.37. The SMILES string of the molecule is CC#C[C@@H](O)C[C@@H](C)CCC=C(C)C. The van der Waals surface area contributed by atoms with Crippen LogP contribution in [0.1, 0.15) is 47.0 Å². The maximum Gasteiger partial charge on any atom is 0.115 e. The van der Waals surface area contributed by atoms with Crippen LogP contribution in [0.25, 0.3) is 0 Å². The first-order valence-corrected chi connectivity index (χ1v) is 5.30. The van der Waals surface area contributed by atoms with Gasteiger partial charge in [0.25, 0.3) is 0 Å². The molecule has 0 aliphatic heterocycles. The molecule has 0 aliphatic rings. The molecule has 0 amide bonds. The molecule has 0 rings (SSSR count). The fraction of sp³-hybridized carbons (Fsp3) is 0.692. The maximum atomic E-state index is 9.44. The first-order valence-electron chi connectivity index (χ1n) is 5.30.